The summed E-state index contributed by atoms with van der Waals surface area (Å²) in [6.07, 6.45) is 0. The van der Waals surface area contributed by atoms with Crippen molar-refractivity contribution in [2.45, 2.75) is 4.90 Å². The second kappa shape index (κ2) is 6.51. The molecule has 0 spiro atoms. The first-order chi connectivity index (χ1) is 11.0. The van der Waals surface area contributed by atoms with E-state index in [9.17, 15) is 17.9 Å². The van der Waals surface area contributed by atoms with E-state index in [-0.39, 0.29) is 10.6 Å². The smallest absolute Gasteiger partial charge is 0.243 e. The van der Waals surface area contributed by atoms with Gasteiger partial charge in [-0.1, -0.05) is 12.1 Å². The molecule has 1 aliphatic rings. The molecule has 23 heavy (non-hydrogen) atoms. The molecule has 1 N–H and O–H groups in total. The molecule has 1 fully saturated rings. The van der Waals surface area contributed by atoms with E-state index in [2.05, 4.69) is 0 Å². The zero-order valence-electron chi connectivity index (χ0n) is 12.3. The summed E-state index contributed by atoms with van der Waals surface area (Å²) in [6, 6.07) is 10.1. The minimum Gasteiger partial charge on any atom is -0.508 e. The van der Waals surface area contributed by atoms with Crippen molar-refractivity contribution in [1.29, 1.82) is 0 Å². The highest BCUT2D eigenvalue weighted by molar-refractivity contribution is 7.99. The lowest BCUT2D eigenvalue weighted by molar-refractivity contribution is 0.443. The molecule has 0 bridgehead atoms. The Kier molecular flexibility index (Phi) is 4.61. The fourth-order valence-corrected chi connectivity index (χ4v) is 5.06. The predicted molar refractivity (Wildman–Crippen MR) is 89.6 cm³/mol. The van der Waals surface area contributed by atoms with E-state index < -0.39 is 15.8 Å². The molecular formula is C16H16FNO3S2. The molecule has 0 amide bonds. The molecular weight excluding hydrogens is 337 g/mol. The number of phenolic OH excluding ortho intramolecular Hbond substituents is 1. The first kappa shape index (κ1) is 16.3. The van der Waals surface area contributed by atoms with Crippen molar-refractivity contribution in [3.63, 3.8) is 0 Å². The van der Waals surface area contributed by atoms with Crippen LogP contribution in [0.15, 0.2) is 47.4 Å². The van der Waals surface area contributed by atoms with E-state index in [0.29, 0.717) is 24.2 Å². The molecule has 1 heterocycles. The molecule has 0 radical (unpaired) electrons. The van der Waals surface area contributed by atoms with E-state index >= 15 is 0 Å². The van der Waals surface area contributed by atoms with Crippen molar-refractivity contribution in [3.05, 3.63) is 48.3 Å². The number of thioether (sulfide) groups is 1. The topological polar surface area (TPSA) is 57.6 Å². The molecule has 0 saturated carbocycles. The average Bonchev–Trinajstić information content (AvgIpc) is 2.56. The second-order valence-corrected chi connectivity index (χ2v) is 8.37. The standard InChI is InChI=1S/C16H16FNO3S2/c17-16-11-13(19)3-6-15(16)12-1-4-14(5-2-12)23(20,21)18-7-9-22-10-8-18/h1-6,11,19H,7-10H2. The van der Waals surface area contributed by atoms with Gasteiger partial charge in [-0.05, 0) is 29.8 Å². The molecule has 122 valence electrons. The monoisotopic (exact) mass is 353 g/mol. The number of halogens is 1. The fourth-order valence-electron chi connectivity index (χ4n) is 2.48. The number of hydrogen-bond donors (Lipinski definition) is 1. The SMILES string of the molecule is O=S(=O)(c1ccc(-c2ccc(O)cc2F)cc1)N1CCSCC1. The van der Waals surface area contributed by atoms with Crippen molar-refractivity contribution in [2.75, 3.05) is 24.6 Å². The Morgan fingerprint density at radius 1 is 1.04 bits per heavy atom. The molecule has 1 saturated heterocycles. The molecule has 4 nitrogen and oxygen atoms in total. The van der Waals surface area contributed by atoms with Crippen LogP contribution in [0, 0.1) is 5.82 Å². The Labute approximate surface area is 139 Å². The van der Waals surface area contributed by atoms with Gasteiger partial charge in [-0.15, -0.1) is 0 Å². The number of rotatable bonds is 3. The molecule has 2 aromatic carbocycles. The molecule has 1 aliphatic heterocycles. The highest BCUT2D eigenvalue weighted by atomic mass is 32.2. The summed E-state index contributed by atoms with van der Waals surface area (Å²) in [6.45, 7) is 1.03. The lowest BCUT2D eigenvalue weighted by Crippen LogP contribution is -2.37. The largest absolute Gasteiger partial charge is 0.508 e. The molecule has 0 aromatic heterocycles. The lowest BCUT2D eigenvalue weighted by atomic mass is 10.1. The average molecular weight is 353 g/mol. The van der Waals surface area contributed by atoms with Crippen LogP contribution in [-0.4, -0.2) is 42.4 Å². The van der Waals surface area contributed by atoms with Gasteiger partial charge in [0.05, 0.1) is 4.90 Å². The highest BCUT2D eigenvalue weighted by Gasteiger charge is 2.26. The van der Waals surface area contributed by atoms with E-state index in [4.69, 9.17) is 0 Å². The summed E-state index contributed by atoms with van der Waals surface area (Å²) in [5.74, 6) is 0.911. The normalized spacial score (nSPS) is 16.4. The zero-order chi connectivity index (χ0) is 16.4. The van der Waals surface area contributed by atoms with Gasteiger partial charge in [0.2, 0.25) is 10.0 Å². The third kappa shape index (κ3) is 3.36. The zero-order valence-corrected chi connectivity index (χ0v) is 13.9. The van der Waals surface area contributed by atoms with Gasteiger partial charge in [0.1, 0.15) is 11.6 Å². The van der Waals surface area contributed by atoms with Gasteiger partial charge in [0.15, 0.2) is 0 Å². The molecule has 0 aliphatic carbocycles. The summed E-state index contributed by atoms with van der Waals surface area (Å²) in [5.41, 5.74) is 0.886. The van der Waals surface area contributed by atoms with Gasteiger partial charge in [-0.25, -0.2) is 12.8 Å². The Balaban J connectivity index is 1.89. The fraction of sp³-hybridized carbons (Fsp3) is 0.250. The molecule has 0 unspecified atom stereocenters. The summed E-state index contributed by atoms with van der Waals surface area (Å²) in [5, 5.41) is 9.25. The quantitative estimate of drug-likeness (QED) is 0.922. The van der Waals surface area contributed by atoms with E-state index in [0.717, 1.165) is 17.6 Å². The van der Waals surface area contributed by atoms with Crippen LogP contribution in [0.3, 0.4) is 0 Å². The highest BCUT2D eigenvalue weighted by Crippen LogP contribution is 2.28. The van der Waals surface area contributed by atoms with Crippen molar-refractivity contribution in [1.82, 2.24) is 4.31 Å². The molecule has 3 rings (SSSR count). The van der Waals surface area contributed by atoms with Crippen LogP contribution in [0.2, 0.25) is 0 Å². The van der Waals surface area contributed by atoms with E-state index in [1.807, 2.05) is 0 Å². The van der Waals surface area contributed by atoms with Crippen LogP contribution in [-0.2, 0) is 10.0 Å². The third-order valence-electron chi connectivity index (χ3n) is 3.73. The van der Waals surface area contributed by atoms with Gasteiger partial charge in [-0.2, -0.15) is 16.1 Å². The van der Waals surface area contributed by atoms with E-state index in [1.165, 1.54) is 28.6 Å². The second-order valence-electron chi connectivity index (χ2n) is 5.20. The van der Waals surface area contributed by atoms with Crippen LogP contribution in [0.1, 0.15) is 0 Å². The summed E-state index contributed by atoms with van der Waals surface area (Å²) in [7, 11) is -3.49. The predicted octanol–water partition coefficient (Wildman–Crippen LogP) is 2.94. The van der Waals surface area contributed by atoms with Crippen molar-refractivity contribution >= 4 is 21.8 Å². The Morgan fingerprint density at radius 2 is 1.70 bits per heavy atom. The third-order valence-corrected chi connectivity index (χ3v) is 6.58. The van der Waals surface area contributed by atoms with Gasteiger partial charge < -0.3 is 5.11 Å². The number of sulfonamides is 1. The Bertz CT molecular complexity index is 801. The number of nitrogens with zero attached hydrogens (tertiary/aromatic N) is 1. The Hall–Kier alpha value is -1.57. The first-order valence-corrected chi connectivity index (χ1v) is 9.75. The number of hydrogen-bond acceptors (Lipinski definition) is 4. The summed E-state index contributed by atoms with van der Waals surface area (Å²) >= 11 is 1.74. The van der Waals surface area contributed by atoms with Gasteiger partial charge in [0.25, 0.3) is 0 Å². The van der Waals surface area contributed by atoms with Crippen LogP contribution in [0.25, 0.3) is 11.1 Å². The first-order valence-electron chi connectivity index (χ1n) is 7.15. The maximum absolute atomic E-state index is 13.9. The summed E-state index contributed by atoms with van der Waals surface area (Å²) in [4.78, 5) is 0.215. The van der Waals surface area contributed by atoms with Crippen LogP contribution >= 0.6 is 11.8 Å². The molecule has 0 atom stereocenters. The van der Waals surface area contributed by atoms with Gasteiger partial charge >= 0.3 is 0 Å². The van der Waals surface area contributed by atoms with E-state index in [1.54, 1.807) is 23.9 Å². The lowest BCUT2D eigenvalue weighted by Gasteiger charge is -2.25. The molecule has 2 aromatic rings. The maximum atomic E-state index is 13.9. The minimum absolute atomic E-state index is 0.145. The van der Waals surface area contributed by atoms with Crippen molar-refractivity contribution in [2.24, 2.45) is 0 Å². The van der Waals surface area contributed by atoms with Gasteiger partial charge in [0, 0.05) is 36.2 Å². The Morgan fingerprint density at radius 3 is 2.30 bits per heavy atom. The van der Waals surface area contributed by atoms with Gasteiger partial charge in [-0.3, -0.25) is 0 Å². The number of phenols is 1. The number of benzene rings is 2. The minimum atomic E-state index is -3.49. The maximum Gasteiger partial charge on any atom is 0.243 e. The van der Waals surface area contributed by atoms with Crippen molar-refractivity contribution < 1.29 is 17.9 Å². The van der Waals surface area contributed by atoms with Crippen LogP contribution < -0.4 is 0 Å². The van der Waals surface area contributed by atoms with Crippen molar-refractivity contribution in [3.8, 4) is 16.9 Å². The number of aromatic hydroxyl groups is 1. The van der Waals surface area contributed by atoms with Crippen LogP contribution in [0.4, 0.5) is 4.39 Å². The summed E-state index contributed by atoms with van der Waals surface area (Å²) < 4.78 is 40.5. The molecule has 7 heteroatoms. The van der Waals surface area contributed by atoms with Crippen LogP contribution in [0.5, 0.6) is 5.75 Å².